The Morgan fingerprint density at radius 2 is 2.11 bits per heavy atom. The van der Waals surface area contributed by atoms with Crippen molar-refractivity contribution in [2.45, 2.75) is 4.90 Å². The molecule has 3 rings (SSSR count). The number of aromatic amines is 2. The largest absolute Gasteiger partial charge is 0.361 e. The highest BCUT2D eigenvalue weighted by Crippen LogP contribution is 2.20. The molecule has 0 saturated heterocycles. The van der Waals surface area contributed by atoms with Crippen molar-refractivity contribution in [3.8, 4) is 0 Å². The van der Waals surface area contributed by atoms with Crippen LogP contribution < -0.4 is 4.72 Å². The van der Waals surface area contributed by atoms with Crippen LogP contribution in [0.1, 0.15) is 0 Å². The highest BCUT2D eigenvalue weighted by Gasteiger charge is 2.15. The highest BCUT2D eigenvalue weighted by atomic mass is 32.2. The predicted molar refractivity (Wildman–Crippen MR) is 67.7 cm³/mol. The van der Waals surface area contributed by atoms with Gasteiger partial charge in [-0.1, -0.05) is 0 Å². The summed E-state index contributed by atoms with van der Waals surface area (Å²) in [5, 5.41) is 7.04. The molecule has 0 aliphatic rings. The van der Waals surface area contributed by atoms with Crippen LogP contribution in [-0.2, 0) is 10.0 Å². The van der Waals surface area contributed by atoms with E-state index in [1.165, 1.54) is 12.4 Å². The van der Waals surface area contributed by atoms with Gasteiger partial charge in [-0.05, 0) is 24.3 Å². The Kier molecular flexibility index (Phi) is 2.34. The molecular weight excluding hydrogens is 252 g/mol. The third-order valence-electron chi connectivity index (χ3n) is 2.59. The Labute approximate surface area is 103 Å². The molecule has 92 valence electrons. The molecule has 0 saturated carbocycles. The molecular formula is C11H10N4O2S. The lowest BCUT2D eigenvalue weighted by atomic mass is 10.2. The van der Waals surface area contributed by atoms with Gasteiger partial charge in [0.05, 0.1) is 6.20 Å². The van der Waals surface area contributed by atoms with Gasteiger partial charge in [-0.15, -0.1) is 0 Å². The molecule has 6 nitrogen and oxygen atoms in total. The second-order valence-electron chi connectivity index (χ2n) is 3.82. The number of fused-ring (bicyclic) bond motifs is 1. The summed E-state index contributed by atoms with van der Waals surface area (Å²) in [5.41, 5.74) is 1.48. The molecule has 2 heterocycles. The number of aromatic nitrogens is 3. The van der Waals surface area contributed by atoms with Crippen LogP contribution in [0.3, 0.4) is 0 Å². The van der Waals surface area contributed by atoms with Gasteiger partial charge in [-0.2, -0.15) is 5.10 Å². The van der Waals surface area contributed by atoms with Gasteiger partial charge < -0.3 is 4.98 Å². The molecule has 0 atom stereocenters. The Bertz CT molecular complexity index is 774. The molecule has 0 spiro atoms. The molecule has 0 aliphatic heterocycles. The van der Waals surface area contributed by atoms with Crippen molar-refractivity contribution >= 4 is 26.6 Å². The Hall–Kier alpha value is -2.28. The van der Waals surface area contributed by atoms with Crippen molar-refractivity contribution in [3.63, 3.8) is 0 Å². The number of anilines is 1. The van der Waals surface area contributed by atoms with Gasteiger partial charge in [0.15, 0.2) is 0 Å². The van der Waals surface area contributed by atoms with Crippen molar-refractivity contribution < 1.29 is 8.42 Å². The molecule has 0 aliphatic carbocycles. The maximum absolute atomic E-state index is 12.0. The van der Waals surface area contributed by atoms with E-state index in [4.69, 9.17) is 0 Å². The average Bonchev–Trinajstić information content (AvgIpc) is 2.99. The number of hydrogen-bond acceptors (Lipinski definition) is 3. The second-order valence-corrected chi connectivity index (χ2v) is 5.50. The minimum atomic E-state index is -3.58. The van der Waals surface area contributed by atoms with E-state index in [2.05, 4.69) is 19.9 Å². The molecule has 1 aromatic carbocycles. The van der Waals surface area contributed by atoms with Crippen molar-refractivity contribution in [1.29, 1.82) is 0 Å². The fraction of sp³-hybridized carbons (Fsp3) is 0. The fourth-order valence-corrected chi connectivity index (χ4v) is 2.67. The lowest BCUT2D eigenvalue weighted by Gasteiger charge is -2.05. The Balaban J connectivity index is 1.97. The molecule has 0 fully saturated rings. The standard InChI is InChI=1S/C11H10N4O2S/c16-18(17,10-6-13-14-7-10)15-9-1-2-11-8(5-9)3-4-12-11/h1-7,12,15H,(H,13,14). The molecule has 3 N–H and O–H groups in total. The molecule has 7 heteroatoms. The topological polar surface area (TPSA) is 90.6 Å². The summed E-state index contributed by atoms with van der Waals surface area (Å²) in [7, 11) is -3.58. The zero-order chi connectivity index (χ0) is 12.6. The van der Waals surface area contributed by atoms with Crippen molar-refractivity contribution in [2.75, 3.05) is 4.72 Å². The van der Waals surface area contributed by atoms with Crippen LogP contribution in [0.15, 0.2) is 47.8 Å². The number of benzene rings is 1. The van der Waals surface area contributed by atoms with Gasteiger partial charge in [-0.25, -0.2) is 8.42 Å². The first-order chi connectivity index (χ1) is 8.65. The molecule has 18 heavy (non-hydrogen) atoms. The van der Waals surface area contributed by atoms with E-state index in [0.29, 0.717) is 5.69 Å². The fourth-order valence-electron chi connectivity index (χ4n) is 1.72. The van der Waals surface area contributed by atoms with E-state index in [1.54, 1.807) is 18.3 Å². The summed E-state index contributed by atoms with van der Waals surface area (Å²) in [6.07, 6.45) is 4.40. The van der Waals surface area contributed by atoms with E-state index in [0.717, 1.165) is 10.9 Å². The van der Waals surface area contributed by atoms with Crippen LogP contribution >= 0.6 is 0 Å². The van der Waals surface area contributed by atoms with E-state index < -0.39 is 10.0 Å². The van der Waals surface area contributed by atoms with Crippen LogP contribution in [0.4, 0.5) is 5.69 Å². The molecule has 0 bridgehead atoms. The van der Waals surface area contributed by atoms with Crippen LogP contribution in [0, 0.1) is 0 Å². The molecule has 2 aromatic heterocycles. The van der Waals surface area contributed by atoms with E-state index in [-0.39, 0.29) is 4.90 Å². The van der Waals surface area contributed by atoms with Gasteiger partial charge in [0, 0.05) is 29.0 Å². The summed E-state index contributed by atoms with van der Waals surface area (Å²) in [5.74, 6) is 0. The SMILES string of the molecule is O=S(=O)(Nc1ccc2[nH]ccc2c1)c1cn[nH]c1. The van der Waals surface area contributed by atoms with Crippen molar-refractivity contribution in [3.05, 3.63) is 42.9 Å². The molecule has 0 amide bonds. The lowest BCUT2D eigenvalue weighted by Crippen LogP contribution is -2.11. The summed E-state index contributed by atoms with van der Waals surface area (Å²) in [4.78, 5) is 3.15. The van der Waals surface area contributed by atoms with Gasteiger partial charge in [0.25, 0.3) is 10.0 Å². The minimum absolute atomic E-state index is 0.108. The number of rotatable bonds is 3. The number of nitrogens with zero attached hydrogens (tertiary/aromatic N) is 1. The molecule has 0 radical (unpaired) electrons. The van der Waals surface area contributed by atoms with E-state index in [9.17, 15) is 8.42 Å². The van der Waals surface area contributed by atoms with Crippen LogP contribution in [0.25, 0.3) is 10.9 Å². The van der Waals surface area contributed by atoms with Gasteiger partial charge >= 0.3 is 0 Å². The maximum atomic E-state index is 12.0. The quantitative estimate of drug-likeness (QED) is 0.670. The zero-order valence-electron chi connectivity index (χ0n) is 9.21. The number of nitrogens with one attached hydrogen (secondary N) is 3. The van der Waals surface area contributed by atoms with Crippen LogP contribution in [0.2, 0.25) is 0 Å². The Morgan fingerprint density at radius 3 is 2.89 bits per heavy atom. The van der Waals surface area contributed by atoms with E-state index in [1.807, 2.05) is 12.1 Å². The number of sulfonamides is 1. The molecule has 3 aromatic rings. The first-order valence-corrected chi connectivity index (χ1v) is 6.72. The maximum Gasteiger partial charge on any atom is 0.265 e. The summed E-state index contributed by atoms with van der Waals surface area (Å²) >= 11 is 0. The zero-order valence-corrected chi connectivity index (χ0v) is 10.0. The summed E-state index contributed by atoms with van der Waals surface area (Å²) in [6, 6.07) is 7.17. The summed E-state index contributed by atoms with van der Waals surface area (Å²) in [6.45, 7) is 0. The van der Waals surface area contributed by atoms with E-state index >= 15 is 0 Å². The third kappa shape index (κ3) is 1.84. The van der Waals surface area contributed by atoms with Crippen LogP contribution in [0.5, 0.6) is 0 Å². The van der Waals surface area contributed by atoms with Crippen molar-refractivity contribution in [2.24, 2.45) is 0 Å². The Morgan fingerprint density at radius 1 is 1.22 bits per heavy atom. The number of H-pyrrole nitrogens is 2. The van der Waals surface area contributed by atoms with Gasteiger partial charge in [-0.3, -0.25) is 9.82 Å². The van der Waals surface area contributed by atoms with Crippen molar-refractivity contribution in [1.82, 2.24) is 15.2 Å². The smallest absolute Gasteiger partial charge is 0.265 e. The first-order valence-electron chi connectivity index (χ1n) is 5.24. The summed E-state index contributed by atoms with van der Waals surface area (Å²) < 4.78 is 26.4. The normalized spacial score (nSPS) is 11.8. The first kappa shape index (κ1) is 10.8. The third-order valence-corrected chi connectivity index (χ3v) is 3.94. The average molecular weight is 262 g/mol. The van der Waals surface area contributed by atoms with Crippen LogP contribution in [-0.4, -0.2) is 23.6 Å². The minimum Gasteiger partial charge on any atom is -0.361 e. The predicted octanol–water partition coefficient (Wildman–Crippen LogP) is 1.69. The molecule has 0 unspecified atom stereocenters. The number of hydrogen-bond donors (Lipinski definition) is 3. The highest BCUT2D eigenvalue weighted by molar-refractivity contribution is 7.92. The monoisotopic (exact) mass is 262 g/mol. The lowest BCUT2D eigenvalue weighted by molar-refractivity contribution is 0.601. The van der Waals surface area contributed by atoms with Gasteiger partial charge in [0.2, 0.25) is 0 Å². The second kappa shape index (κ2) is 3.88. The van der Waals surface area contributed by atoms with Gasteiger partial charge in [0.1, 0.15) is 4.90 Å².